The topological polar surface area (TPSA) is 75.6 Å². The number of ether oxygens (including phenoxy) is 1. The Hall–Kier alpha value is -2.82. The maximum Gasteiger partial charge on any atom is 0.417 e. The highest BCUT2D eigenvalue weighted by molar-refractivity contribution is 6.00. The summed E-state index contributed by atoms with van der Waals surface area (Å²) < 4.78 is 5.15. The van der Waals surface area contributed by atoms with E-state index in [0.29, 0.717) is 17.7 Å². The second-order valence-electron chi connectivity index (χ2n) is 5.43. The van der Waals surface area contributed by atoms with Crippen LogP contribution in [0.2, 0.25) is 0 Å². The van der Waals surface area contributed by atoms with E-state index in [1.165, 1.54) is 0 Å². The number of hydrogen-bond acceptors (Lipinski definition) is 3. The predicted molar refractivity (Wildman–Crippen MR) is 92.7 cm³/mol. The Morgan fingerprint density at radius 1 is 1.04 bits per heavy atom. The van der Waals surface area contributed by atoms with Crippen LogP contribution in [0.15, 0.2) is 48.5 Å². The number of amides is 1. The Balaban J connectivity index is 2.15. The summed E-state index contributed by atoms with van der Waals surface area (Å²) >= 11 is 0. The molecule has 0 aliphatic heterocycles. The first-order chi connectivity index (χ1) is 11.6. The van der Waals surface area contributed by atoms with Crippen LogP contribution in [0.5, 0.6) is 5.75 Å². The van der Waals surface area contributed by atoms with Gasteiger partial charge in [-0.15, -0.1) is 0 Å². The molecular weight excluding hydrogens is 306 g/mol. The van der Waals surface area contributed by atoms with Gasteiger partial charge in [0, 0.05) is 0 Å². The molecule has 0 spiro atoms. The molecule has 0 fully saturated rings. The van der Waals surface area contributed by atoms with Gasteiger partial charge >= 0.3 is 12.1 Å². The van der Waals surface area contributed by atoms with Gasteiger partial charge in [0.15, 0.2) is 0 Å². The summed E-state index contributed by atoms with van der Waals surface area (Å²) in [6.45, 7) is 2.09. The molecule has 24 heavy (non-hydrogen) atoms. The molecule has 2 aromatic rings. The monoisotopic (exact) mass is 327 g/mol. The van der Waals surface area contributed by atoms with Crippen molar-refractivity contribution in [3.05, 3.63) is 59.7 Å². The largest absolute Gasteiger partial charge is 0.478 e. The highest BCUT2D eigenvalue weighted by atomic mass is 16.6. The zero-order chi connectivity index (χ0) is 17.4. The van der Waals surface area contributed by atoms with Crippen LogP contribution in [0.25, 0.3) is 0 Å². The van der Waals surface area contributed by atoms with E-state index < -0.39 is 12.1 Å². The first-order valence-corrected chi connectivity index (χ1v) is 8.01. The van der Waals surface area contributed by atoms with Gasteiger partial charge in [0.05, 0.1) is 11.3 Å². The van der Waals surface area contributed by atoms with Crippen molar-refractivity contribution >= 4 is 17.7 Å². The number of rotatable bonds is 7. The SMILES string of the molecule is CCCCCc1cccc(NC(=O)Oc2ccccc2)c1C(=O)O. The molecule has 2 N–H and O–H groups in total. The Kier molecular flexibility index (Phi) is 6.37. The van der Waals surface area contributed by atoms with Gasteiger partial charge in [0.2, 0.25) is 0 Å². The molecule has 0 aromatic heterocycles. The number of benzene rings is 2. The van der Waals surface area contributed by atoms with Crippen molar-refractivity contribution in [2.24, 2.45) is 0 Å². The van der Waals surface area contributed by atoms with Gasteiger partial charge in [-0.25, -0.2) is 9.59 Å². The quantitative estimate of drug-likeness (QED) is 0.721. The second kappa shape index (κ2) is 8.72. The second-order valence-corrected chi connectivity index (χ2v) is 5.43. The zero-order valence-corrected chi connectivity index (χ0v) is 13.6. The molecule has 0 heterocycles. The van der Waals surface area contributed by atoms with E-state index in [0.717, 1.165) is 19.3 Å². The van der Waals surface area contributed by atoms with Crippen molar-refractivity contribution < 1.29 is 19.4 Å². The number of aryl methyl sites for hydroxylation is 1. The van der Waals surface area contributed by atoms with Gasteiger partial charge in [0.1, 0.15) is 5.75 Å². The fourth-order valence-corrected chi connectivity index (χ4v) is 2.46. The summed E-state index contributed by atoms with van der Waals surface area (Å²) in [5, 5.41) is 12.0. The number of carbonyl (C=O) groups is 2. The number of para-hydroxylation sites is 1. The molecule has 1 amide bonds. The minimum Gasteiger partial charge on any atom is -0.478 e. The minimum absolute atomic E-state index is 0.124. The van der Waals surface area contributed by atoms with Crippen molar-refractivity contribution in [3.8, 4) is 5.75 Å². The molecule has 0 radical (unpaired) electrons. The number of nitrogens with one attached hydrogen (secondary N) is 1. The lowest BCUT2D eigenvalue weighted by molar-refractivity contribution is 0.0697. The van der Waals surface area contributed by atoms with Crippen LogP contribution in [-0.4, -0.2) is 17.2 Å². The van der Waals surface area contributed by atoms with Crippen LogP contribution in [0.3, 0.4) is 0 Å². The summed E-state index contributed by atoms with van der Waals surface area (Å²) in [6, 6.07) is 13.7. The van der Waals surface area contributed by atoms with Crippen LogP contribution in [0, 0.1) is 0 Å². The lowest BCUT2D eigenvalue weighted by atomic mass is 9.99. The first-order valence-electron chi connectivity index (χ1n) is 8.01. The average Bonchev–Trinajstić information content (AvgIpc) is 2.55. The maximum absolute atomic E-state index is 12.0. The summed E-state index contributed by atoms with van der Waals surface area (Å²) in [4.78, 5) is 23.6. The van der Waals surface area contributed by atoms with Crippen LogP contribution in [-0.2, 0) is 6.42 Å². The highest BCUT2D eigenvalue weighted by Crippen LogP contribution is 2.23. The Labute approximate surface area is 141 Å². The zero-order valence-electron chi connectivity index (χ0n) is 13.6. The molecule has 0 unspecified atom stereocenters. The van der Waals surface area contributed by atoms with Gasteiger partial charge in [-0.1, -0.05) is 50.1 Å². The van der Waals surface area contributed by atoms with Crippen LogP contribution in [0.4, 0.5) is 10.5 Å². The summed E-state index contributed by atoms with van der Waals surface area (Å²) in [5.41, 5.74) is 1.09. The van der Waals surface area contributed by atoms with Crippen LogP contribution in [0.1, 0.15) is 42.1 Å². The average molecular weight is 327 g/mol. The molecular formula is C19H21NO4. The van der Waals surface area contributed by atoms with E-state index in [1.54, 1.807) is 42.5 Å². The van der Waals surface area contributed by atoms with Gasteiger partial charge in [-0.3, -0.25) is 5.32 Å². The van der Waals surface area contributed by atoms with Crippen molar-refractivity contribution in [2.75, 3.05) is 5.32 Å². The van der Waals surface area contributed by atoms with Gasteiger partial charge in [0.25, 0.3) is 0 Å². The number of carboxylic acids is 1. The number of carbonyl (C=O) groups excluding carboxylic acids is 1. The fraction of sp³-hybridized carbons (Fsp3) is 0.263. The van der Waals surface area contributed by atoms with Crippen molar-refractivity contribution in [2.45, 2.75) is 32.6 Å². The first kappa shape index (κ1) is 17.5. The van der Waals surface area contributed by atoms with Gasteiger partial charge < -0.3 is 9.84 Å². The fourth-order valence-electron chi connectivity index (χ4n) is 2.46. The molecule has 2 aromatic carbocycles. The third-order valence-electron chi connectivity index (χ3n) is 3.60. The van der Waals surface area contributed by atoms with Crippen molar-refractivity contribution in [3.63, 3.8) is 0 Å². The van der Waals surface area contributed by atoms with Gasteiger partial charge in [-0.2, -0.15) is 0 Å². The number of unbranched alkanes of at least 4 members (excludes halogenated alkanes) is 2. The van der Waals surface area contributed by atoms with E-state index in [1.807, 2.05) is 6.07 Å². The molecule has 0 saturated carbocycles. The number of aromatic carboxylic acids is 1. The molecule has 5 nitrogen and oxygen atoms in total. The Morgan fingerprint density at radius 3 is 2.46 bits per heavy atom. The lowest BCUT2D eigenvalue weighted by Crippen LogP contribution is -2.19. The molecule has 0 bridgehead atoms. The number of anilines is 1. The lowest BCUT2D eigenvalue weighted by Gasteiger charge is -2.13. The predicted octanol–water partition coefficient (Wildman–Crippen LogP) is 4.73. The van der Waals surface area contributed by atoms with E-state index >= 15 is 0 Å². The third-order valence-corrected chi connectivity index (χ3v) is 3.60. The standard InChI is InChI=1S/C19H21NO4/c1-2-3-5-9-14-10-8-13-16(17(14)18(21)22)20-19(23)24-15-11-6-4-7-12-15/h4,6-8,10-13H,2-3,5,9H2,1H3,(H,20,23)(H,21,22). The maximum atomic E-state index is 12.0. The van der Waals surface area contributed by atoms with Crippen molar-refractivity contribution in [1.29, 1.82) is 0 Å². The van der Waals surface area contributed by atoms with Crippen LogP contribution >= 0.6 is 0 Å². The van der Waals surface area contributed by atoms with E-state index in [-0.39, 0.29) is 11.3 Å². The molecule has 0 atom stereocenters. The minimum atomic E-state index is -1.06. The van der Waals surface area contributed by atoms with Gasteiger partial charge in [-0.05, 0) is 36.6 Å². The van der Waals surface area contributed by atoms with E-state index in [4.69, 9.17) is 4.74 Å². The molecule has 5 heteroatoms. The molecule has 0 aliphatic carbocycles. The molecule has 0 aliphatic rings. The van der Waals surface area contributed by atoms with E-state index in [9.17, 15) is 14.7 Å². The summed E-state index contributed by atoms with van der Waals surface area (Å²) in [6.07, 6.45) is 2.96. The number of hydrogen-bond donors (Lipinski definition) is 2. The molecule has 2 rings (SSSR count). The summed E-state index contributed by atoms with van der Waals surface area (Å²) in [7, 11) is 0. The molecule has 126 valence electrons. The van der Waals surface area contributed by atoms with Crippen LogP contribution < -0.4 is 10.1 Å². The highest BCUT2D eigenvalue weighted by Gasteiger charge is 2.17. The Bertz CT molecular complexity index is 698. The smallest absolute Gasteiger partial charge is 0.417 e. The normalized spacial score (nSPS) is 10.2. The number of carboxylic acid groups (broad SMARTS) is 1. The molecule has 0 saturated heterocycles. The third kappa shape index (κ3) is 4.84. The Morgan fingerprint density at radius 2 is 1.79 bits per heavy atom. The van der Waals surface area contributed by atoms with Crippen molar-refractivity contribution in [1.82, 2.24) is 0 Å². The summed E-state index contributed by atoms with van der Waals surface area (Å²) in [5.74, 6) is -0.664. The van der Waals surface area contributed by atoms with E-state index in [2.05, 4.69) is 12.2 Å².